The zero-order valence-corrected chi connectivity index (χ0v) is 11.1. The minimum atomic E-state index is -0.300. The lowest BCUT2D eigenvalue weighted by Crippen LogP contribution is -2.25. The van der Waals surface area contributed by atoms with Gasteiger partial charge in [0.15, 0.2) is 0 Å². The number of hydrogen-bond acceptors (Lipinski definition) is 2. The van der Waals surface area contributed by atoms with Crippen LogP contribution in [0.15, 0.2) is 30.6 Å². The van der Waals surface area contributed by atoms with Crippen molar-refractivity contribution < 1.29 is 4.39 Å². The summed E-state index contributed by atoms with van der Waals surface area (Å²) in [6, 6.07) is 4.16. The number of aromatic nitrogens is 2. The first-order valence-corrected chi connectivity index (χ1v) is 6.16. The molecule has 0 aliphatic heterocycles. The highest BCUT2D eigenvalue weighted by Crippen LogP contribution is 2.27. The van der Waals surface area contributed by atoms with Crippen LogP contribution >= 0.6 is 11.6 Å². The van der Waals surface area contributed by atoms with E-state index in [-0.39, 0.29) is 11.9 Å². The van der Waals surface area contributed by atoms with E-state index >= 15 is 0 Å². The van der Waals surface area contributed by atoms with Crippen LogP contribution in [0.5, 0.6) is 0 Å². The van der Waals surface area contributed by atoms with Gasteiger partial charge in [-0.1, -0.05) is 18.5 Å². The zero-order chi connectivity index (χ0) is 13.1. The molecule has 1 heterocycles. The second-order valence-electron chi connectivity index (χ2n) is 4.05. The third-order valence-corrected chi connectivity index (χ3v) is 3.14. The smallest absolute Gasteiger partial charge is 0.130 e. The first kappa shape index (κ1) is 13.1. The zero-order valence-electron chi connectivity index (χ0n) is 10.3. The number of benzene rings is 1. The fraction of sp³-hybridized carbons (Fsp3) is 0.308. The lowest BCUT2D eigenvalue weighted by molar-refractivity contribution is 0.568. The average Bonchev–Trinajstić information content (AvgIpc) is 2.76. The largest absolute Gasteiger partial charge is 0.336 e. The monoisotopic (exact) mass is 267 g/mol. The van der Waals surface area contributed by atoms with Crippen LogP contribution < -0.4 is 5.32 Å². The molecule has 0 bridgehead atoms. The maximum absolute atomic E-state index is 13.4. The predicted octanol–water partition coefficient (Wildman–Crippen LogP) is 2.91. The summed E-state index contributed by atoms with van der Waals surface area (Å²) >= 11 is 6.15. The lowest BCUT2D eigenvalue weighted by atomic mass is 10.1. The molecule has 2 aromatic rings. The Bertz CT molecular complexity index is 539. The SMILES string of the molecule is CCNC(c1cc(F)ccc1Cl)c1nccn1C. The Balaban J connectivity index is 2.48. The van der Waals surface area contributed by atoms with Crippen molar-refractivity contribution in [2.24, 2.45) is 7.05 Å². The summed E-state index contributed by atoms with van der Waals surface area (Å²) in [6.07, 6.45) is 3.57. The van der Waals surface area contributed by atoms with Crippen LogP contribution in [0.3, 0.4) is 0 Å². The average molecular weight is 268 g/mol. The molecule has 1 N–H and O–H groups in total. The molecule has 0 aliphatic carbocycles. The molecule has 1 unspecified atom stereocenters. The van der Waals surface area contributed by atoms with E-state index in [9.17, 15) is 4.39 Å². The van der Waals surface area contributed by atoms with Crippen LogP contribution in [0.25, 0.3) is 0 Å². The van der Waals surface area contributed by atoms with Crippen molar-refractivity contribution in [1.82, 2.24) is 14.9 Å². The molecule has 0 saturated carbocycles. The Labute approximate surface area is 111 Å². The van der Waals surface area contributed by atoms with Gasteiger partial charge in [-0.3, -0.25) is 0 Å². The summed E-state index contributed by atoms with van der Waals surface area (Å²) in [5.74, 6) is 0.510. The molecule has 1 aromatic carbocycles. The summed E-state index contributed by atoms with van der Waals surface area (Å²) in [7, 11) is 1.90. The molecule has 0 fully saturated rings. The van der Waals surface area contributed by atoms with Crippen molar-refractivity contribution >= 4 is 11.6 Å². The highest BCUT2D eigenvalue weighted by molar-refractivity contribution is 6.31. The van der Waals surface area contributed by atoms with Gasteiger partial charge in [0.25, 0.3) is 0 Å². The molecule has 3 nitrogen and oxygen atoms in total. The van der Waals surface area contributed by atoms with Gasteiger partial charge in [0.1, 0.15) is 11.6 Å². The van der Waals surface area contributed by atoms with Crippen LogP contribution in [-0.2, 0) is 7.05 Å². The highest BCUT2D eigenvalue weighted by Gasteiger charge is 2.20. The van der Waals surface area contributed by atoms with Crippen molar-refractivity contribution in [1.29, 1.82) is 0 Å². The molecule has 1 aromatic heterocycles. The van der Waals surface area contributed by atoms with E-state index < -0.39 is 0 Å². The van der Waals surface area contributed by atoms with Gasteiger partial charge in [0.2, 0.25) is 0 Å². The van der Waals surface area contributed by atoms with E-state index in [0.717, 1.165) is 12.4 Å². The molecule has 18 heavy (non-hydrogen) atoms. The first-order chi connectivity index (χ1) is 8.63. The van der Waals surface area contributed by atoms with E-state index in [1.54, 1.807) is 12.3 Å². The summed E-state index contributed by atoms with van der Waals surface area (Å²) < 4.78 is 15.3. The molecule has 0 spiro atoms. The molecule has 5 heteroatoms. The molecule has 0 radical (unpaired) electrons. The van der Waals surface area contributed by atoms with Crippen LogP contribution in [0.1, 0.15) is 24.4 Å². The van der Waals surface area contributed by atoms with Crippen LogP contribution in [0.2, 0.25) is 5.02 Å². The van der Waals surface area contributed by atoms with Gasteiger partial charge in [0.05, 0.1) is 6.04 Å². The molecule has 0 amide bonds. The van der Waals surface area contributed by atoms with Crippen molar-refractivity contribution in [2.75, 3.05) is 6.54 Å². The number of rotatable bonds is 4. The fourth-order valence-electron chi connectivity index (χ4n) is 1.94. The molecule has 0 saturated heterocycles. The van der Waals surface area contributed by atoms with Gasteiger partial charge < -0.3 is 9.88 Å². The number of halogens is 2. The Morgan fingerprint density at radius 2 is 2.28 bits per heavy atom. The van der Waals surface area contributed by atoms with Crippen molar-refractivity contribution in [3.8, 4) is 0 Å². The van der Waals surface area contributed by atoms with E-state index in [1.807, 2.05) is 24.7 Å². The Hall–Kier alpha value is -1.39. The summed E-state index contributed by atoms with van der Waals surface area (Å²) in [5.41, 5.74) is 0.702. The molecule has 0 aliphatic rings. The highest BCUT2D eigenvalue weighted by atomic mass is 35.5. The van der Waals surface area contributed by atoms with E-state index in [0.29, 0.717) is 10.6 Å². The van der Waals surface area contributed by atoms with Crippen LogP contribution in [-0.4, -0.2) is 16.1 Å². The van der Waals surface area contributed by atoms with Gasteiger partial charge in [-0.25, -0.2) is 9.37 Å². The van der Waals surface area contributed by atoms with Gasteiger partial charge >= 0.3 is 0 Å². The third kappa shape index (κ3) is 2.54. The maximum atomic E-state index is 13.4. The number of nitrogens with one attached hydrogen (secondary N) is 1. The quantitative estimate of drug-likeness (QED) is 0.923. The van der Waals surface area contributed by atoms with Crippen molar-refractivity contribution in [3.05, 3.63) is 52.8 Å². The molecule has 1 atom stereocenters. The Morgan fingerprint density at radius 1 is 1.50 bits per heavy atom. The predicted molar refractivity (Wildman–Crippen MR) is 70.1 cm³/mol. The molecular weight excluding hydrogens is 253 g/mol. The van der Waals surface area contributed by atoms with E-state index in [4.69, 9.17) is 11.6 Å². The van der Waals surface area contributed by atoms with Gasteiger partial charge in [-0.2, -0.15) is 0 Å². The molecule has 2 rings (SSSR count). The normalized spacial score (nSPS) is 12.7. The van der Waals surface area contributed by atoms with E-state index in [2.05, 4.69) is 10.3 Å². The third-order valence-electron chi connectivity index (χ3n) is 2.79. The summed E-state index contributed by atoms with van der Waals surface area (Å²) in [4.78, 5) is 4.30. The minimum Gasteiger partial charge on any atom is -0.336 e. The number of nitrogens with zero attached hydrogens (tertiary/aromatic N) is 2. The van der Waals surface area contributed by atoms with Crippen LogP contribution in [0, 0.1) is 5.82 Å². The van der Waals surface area contributed by atoms with Crippen molar-refractivity contribution in [2.45, 2.75) is 13.0 Å². The molecule has 96 valence electrons. The summed E-state index contributed by atoms with van der Waals surface area (Å²) in [5, 5.41) is 3.81. The lowest BCUT2D eigenvalue weighted by Gasteiger charge is -2.19. The standard InChI is InChI=1S/C13H15ClFN3/c1-3-16-12(13-17-6-7-18(13)2)10-8-9(15)4-5-11(10)14/h4-8,12,16H,3H2,1-2H3. The summed E-state index contributed by atoms with van der Waals surface area (Å²) in [6.45, 7) is 2.73. The molecular formula is C13H15ClFN3. The van der Waals surface area contributed by atoms with Gasteiger partial charge in [-0.05, 0) is 30.3 Å². The second-order valence-corrected chi connectivity index (χ2v) is 4.46. The van der Waals surface area contributed by atoms with Crippen molar-refractivity contribution in [3.63, 3.8) is 0 Å². The van der Waals surface area contributed by atoms with Crippen LogP contribution in [0.4, 0.5) is 4.39 Å². The topological polar surface area (TPSA) is 29.9 Å². The maximum Gasteiger partial charge on any atom is 0.130 e. The number of aryl methyl sites for hydroxylation is 1. The van der Waals surface area contributed by atoms with E-state index in [1.165, 1.54) is 12.1 Å². The minimum absolute atomic E-state index is 0.210. The number of hydrogen-bond donors (Lipinski definition) is 1. The van der Waals surface area contributed by atoms with Gasteiger partial charge in [0, 0.05) is 24.5 Å². The Morgan fingerprint density at radius 3 is 2.89 bits per heavy atom. The fourth-order valence-corrected chi connectivity index (χ4v) is 2.16. The first-order valence-electron chi connectivity index (χ1n) is 5.79. The Kier molecular flexibility index (Phi) is 3.99. The number of imidazole rings is 1. The van der Waals surface area contributed by atoms with Gasteiger partial charge in [-0.15, -0.1) is 0 Å². The second kappa shape index (κ2) is 5.50.